The molecule has 9 heavy (non-hydrogen) atoms. The number of hydrogen-bond donors (Lipinski definition) is 1. The quantitative estimate of drug-likeness (QED) is 0.740. The molecular weight excluding hydrogens is 223 g/mol. The van der Waals surface area contributed by atoms with Gasteiger partial charge < -0.3 is 5.48 Å². The molecular formula is C6H18O2Sn. The molecule has 0 saturated heterocycles. The zero-order valence-electron chi connectivity index (χ0n) is 6.57. The second-order valence-electron chi connectivity index (χ2n) is 2.29. The summed E-state index contributed by atoms with van der Waals surface area (Å²) in [5.74, 6) is 0. The van der Waals surface area contributed by atoms with E-state index in [2.05, 4.69) is 20.8 Å². The van der Waals surface area contributed by atoms with Crippen LogP contribution < -0.4 is 0 Å². The van der Waals surface area contributed by atoms with Crippen LogP contribution in [-0.2, 0) is 0 Å². The topological polar surface area (TPSA) is 51.7 Å². The van der Waals surface area contributed by atoms with Gasteiger partial charge in [0, 0.05) is 0 Å². The summed E-state index contributed by atoms with van der Waals surface area (Å²) in [6.45, 7) is 6.34. The summed E-state index contributed by atoms with van der Waals surface area (Å²) in [6.07, 6.45) is 0. The van der Waals surface area contributed by atoms with Crippen LogP contribution in [0.5, 0.6) is 0 Å². The van der Waals surface area contributed by atoms with Gasteiger partial charge >= 0.3 is 56.3 Å². The van der Waals surface area contributed by atoms with Gasteiger partial charge in [0.15, 0.2) is 0 Å². The van der Waals surface area contributed by atoms with E-state index in [9.17, 15) is 3.44 Å². The Hall–Kier alpha value is 0.719. The van der Waals surface area contributed by atoms with Crippen LogP contribution in [0.2, 0.25) is 13.3 Å². The van der Waals surface area contributed by atoms with E-state index in [0.717, 1.165) is 13.3 Å². The third-order valence-corrected chi connectivity index (χ3v) is 13.2. The van der Waals surface area contributed by atoms with E-state index in [-0.39, 0.29) is 5.48 Å². The predicted molar refractivity (Wildman–Crippen MR) is 43.0 cm³/mol. The molecule has 3 heteroatoms. The summed E-state index contributed by atoms with van der Waals surface area (Å²) in [5.41, 5.74) is 0. The maximum Gasteiger partial charge on any atom is -0.412 e. The van der Waals surface area contributed by atoms with E-state index in [0.29, 0.717) is 0 Å². The second-order valence-corrected chi connectivity index (χ2v) is 15.3. The number of hydrogen-bond acceptors (Lipinski definition) is 1. The smallest absolute Gasteiger partial charge is 0.412 e. The van der Waals surface area contributed by atoms with Gasteiger partial charge in [0.05, 0.1) is 0 Å². The summed E-state index contributed by atoms with van der Waals surface area (Å²) in [7, 11) is 0. The molecule has 0 radical (unpaired) electrons. The van der Waals surface area contributed by atoms with E-state index >= 15 is 0 Å². The Morgan fingerprint density at radius 3 is 1.22 bits per heavy atom. The number of rotatable bonds is 3. The molecule has 0 atom stereocenters. The molecule has 0 aromatic carbocycles. The van der Waals surface area contributed by atoms with Gasteiger partial charge in [-0.3, -0.25) is 0 Å². The van der Waals surface area contributed by atoms with Crippen LogP contribution in [0.15, 0.2) is 0 Å². The fourth-order valence-electron chi connectivity index (χ4n) is 0.750. The van der Waals surface area contributed by atoms with Crippen molar-refractivity contribution in [2.24, 2.45) is 0 Å². The van der Waals surface area contributed by atoms with Gasteiger partial charge in [0.1, 0.15) is 0 Å². The van der Waals surface area contributed by atoms with Crippen LogP contribution in [0.1, 0.15) is 20.8 Å². The van der Waals surface area contributed by atoms with E-state index in [1.165, 1.54) is 0 Å². The van der Waals surface area contributed by atoms with Gasteiger partial charge in [0.2, 0.25) is 0 Å². The fraction of sp³-hybridized carbons (Fsp3) is 1.00. The molecule has 0 aliphatic heterocycles. The van der Waals surface area contributed by atoms with Gasteiger partial charge in [0.25, 0.3) is 0 Å². The molecule has 0 aliphatic rings. The van der Waals surface area contributed by atoms with Crippen LogP contribution in [0.3, 0.4) is 0 Å². The van der Waals surface area contributed by atoms with Gasteiger partial charge in [-0.05, 0) is 0 Å². The van der Waals surface area contributed by atoms with E-state index in [1.54, 1.807) is 0 Å². The average molecular weight is 241 g/mol. The molecule has 2 nitrogen and oxygen atoms in total. The molecule has 0 spiro atoms. The molecule has 58 valence electrons. The van der Waals surface area contributed by atoms with Crippen molar-refractivity contribution >= 4 is 18.8 Å². The second kappa shape index (κ2) is 5.50. The molecule has 0 aliphatic carbocycles. The van der Waals surface area contributed by atoms with Gasteiger partial charge in [-0.25, -0.2) is 0 Å². The monoisotopic (exact) mass is 242 g/mol. The molecule has 0 aromatic heterocycles. The Labute approximate surface area is 62.0 Å². The van der Waals surface area contributed by atoms with Crippen molar-refractivity contribution in [1.29, 1.82) is 0 Å². The van der Waals surface area contributed by atoms with E-state index < -0.39 is 18.8 Å². The Morgan fingerprint density at radius 2 is 1.22 bits per heavy atom. The van der Waals surface area contributed by atoms with E-state index in [1.807, 2.05) is 0 Å². The van der Waals surface area contributed by atoms with Gasteiger partial charge in [-0.2, -0.15) is 0 Å². The Morgan fingerprint density at radius 1 is 1.00 bits per heavy atom. The Balaban J connectivity index is 0. The maximum absolute atomic E-state index is 9.65. The first-order valence-electron chi connectivity index (χ1n) is 3.41. The first-order valence-corrected chi connectivity index (χ1v) is 10.7. The van der Waals surface area contributed by atoms with Crippen molar-refractivity contribution in [3.8, 4) is 0 Å². The third-order valence-electron chi connectivity index (χ3n) is 1.97. The van der Waals surface area contributed by atoms with Crippen molar-refractivity contribution in [2.45, 2.75) is 34.1 Å². The first-order chi connectivity index (χ1) is 3.68. The van der Waals surface area contributed by atoms with Crippen molar-refractivity contribution in [3.63, 3.8) is 0 Å². The predicted octanol–water partition coefficient (Wildman–Crippen LogP) is 1.16. The molecule has 0 amide bonds. The van der Waals surface area contributed by atoms with Crippen LogP contribution >= 0.6 is 0 Å². The minimum absolute atomic E-state index is 0. The van der Waals surface area contributed by atoms with Crippen molar-refractivity contribution in [2.75, 3.05) is 0 Å². The van der Waals surface area contributed by atoms with Crippen LogP contribution in [0.25, 0.3) is 0 Å². The molecule has 0 bridgehead atoms. The summed E-state index contributed by atoms with van der Waals surface area (Å²) < 4.78 is 12.9. The molecule has 0 heterocycles. The summed E-state index contributed by atoms with van der Waals surface area (Å²) >= 11 is -2.34. The SMILES string of the molecule is C[CH2][Sn]([OH])([CH2]C)[CH2]C.O. The minimum Gasteiger partial charge on any atom is -0.412 e. The third kappa shape index (κ3) is 4.17. The zero-order chi connectivity index (χ0) is 6.62. The first kappa shape index (κ1) is 12.4. The molecule has 0 aromatic rings. The van der Waals surface area contributed by atoms with Crippen LogP contribution in [0, 0.1) is 0 Å². The standard InChI is InChI=1S/3C2H5.2H2O.Sn/c3*1-2;;;/h3*1H2,2H3;2*1H2;/q;;;;;+1/p-1. The van der Waals surface area contributed by atoms with Crippen LogP contribution in [0.4, 0.5) is 0 Å². The minimum atomic E-state index is -2.34. The van der Waals surface area contributed by atoms with Crippen LogP contribution in [-0.4, -0.2) is 27.7 Å². The van der Waals surface area contributed by atoms with Gasteiger partial charge in [-0.1, -0.05) is 0 Å². The summed E-state index contributed by atoms with van der Waals surface area (Å²) in [5, 5.41) is 0. The zero-order valence-corrected chi connectivity index (χ0v) is 9.42. The fourth-order valence-corrected chi connectivity index (χ4v) is 5.03. The van der Waals surface area contributed by atoms with Crippen molar-refractivity contribution < 1.29 is 8.92 Å². The Bertz CT molecular complexity index is 53.8. The molecule has 0 unspecified atom stereocenters. The summed E-state index contributed by atoms with van der Waals surface area (Å²) in [4.78, 5) is 0. The largest absolute Gasteiger partial charge is 0.412 e. The molecule has 0 rings (SSSR count). The Kier molecular flexibility index (Phi) is 7.58. The average Bonchev–Trinajstić information content (AvgIpc) is 1.87. The maximum atomic E-state index is 9.65. The summed E-state index contributed by atoms with van der Waals surface area (Å²) in [6, 6.07) is 0. The normalized spacial score (nSPS) is 10.7. The van der Waals surface area contributed by atoms with Gasteiger partial charge in [-0.15, -0.1) is 0 Å². The van der Waals surface area contributed by atoms with Crippen molar-refractivity contribution in [1.82, 2.24) is 0 Å². The van der Waals surface area contributed by atoms with Crippen molar-refractivity contribution in [3.05, 3.63) is 0 Å². The molecule has 3 N–H and O–H groups in total. The molecule has 0 fully saturated rings. The molecule has 0 saturated carbocycles. The van der Waals surface area contributed by atoms with E-state index in [4.69, 9.17) is 0 Å².